The van der Waals surface area contributed by atoms with Gasteiger partial charge in [0.1, 0.15) is 5.69 Å². The van der Waals surface area contributed by atoms with E-state index in [4.69, 9.17) is 4.52 Å². The summed E-state index contributed by atoms with van der Waals surface area (Å²) in [4.78, 5) is 20.3. The fraction of sp³-hybridized carbons (Fsp3) is 0.176. The van der Waals surface area contributed by atoms with Gasteiger partial charge < -0.3 is 14.9 Å². The molecule has 0 spiro atoms. The molecule has 7 nitrogen and oxygen atoms in total. The second kappa shape index (κ2) is 7.47. The molecule has 0 aliphatic carbocycles. The van der Waals surface area contributed by atoms with Crippen LogP contribution in [-0.2, 0) is 6.42 Å². The maximum absolute atomic E-state index is 12.2. The molecule has 0 radical (unpaired) electrons. The van der Waals surface area contributed by atoms with Crippen LogP contribution >= 0.6 is 0 Å². The van der Waals surface area contributed by atoms with Gasteiger partial charge in [0.15, 0.2) is 0 Å². The van der Waals surface area contributed by atoms with Crippen LogP contribution in [0.25, 0.3) is 11.5 Å². The van der Waals surface area contributed by atoms with Gasteiger partial charge >= 0.3 is 11.8 Å². The van der Waals surface area contributed by atoms with E-state index >= 15 is 0 Å². The van der Waals surface area contributed by atoms with E-state index in [1.54, 1.807) is 24.4 Å². The number of nitrogens with zero attached hydrogens (tertiary/aromatic N) is 3. The van der Waals surface area contributed by atoms with Crippen molar-refractivity contribution >= 4 is 5.91 Å². The SMILES string of the molecule is O=C(N[C@H](CO)Cc1ccccc1)c1nc(-c2ccccn2)no1. The van der Waals surface area contributed by atoms with Crippen LogP contribution in [0.5, 0.6) is 0 Å². The Morgan fingerprint density at radius 1 is 1.17 bits per heavy atom. The summed E-state index contributed by atoms with van der Waals surface area (Å²) in [5, 5.41) is 15.9. The molecule has 2 aromatic heterocycles. The molecule has 0 aliphatic rings. The third kappa shape index (κ3) is 3.82. The van der Waals surface area contributed by atoms with Gasteiger partial charge in [-0.05, 0) is 24.1 Å². The maximum atomic E-state index is 12.2. The van der Waals surface area contributed by atoms with Crippen molar-refractivity contribution in [1.82, 2.24) is 20.4 Å². The van der Waals surface area contributed by atoms with Crippen LogP contribution in [-0.4, -0.2) is 38.8 Å². The molecule has 1 atom stereocenters. The summed E-state index contributed by atoms with van der Waals surface area (Å²) < 4.78 is 4.98. The first kappa shape index (κ1) is 15.8. The van der Waals surface area contributed by atoms with E-state index in [0.29, 0.717) is 12.1 Å². The molecule has 3 rings (SSSR count). The minimum Gasteiger partial charge on any atom is -0.394 e. The molecule has 2 N–H and O–H groups in total. The quantitative estimate of drug-likeness (QED) is 0.712. The Morgan fingerprint density at radius 3 is 2.67 bits per heavy atom. The van der Waals surface area contributed by atoms with Crippen LogP contribution in [0.1, 0.15) is 16.2 Å². The van der Waals surface area contributed by atoms with E-state index in [1.165, 1.54) is 0 Å². The number of aliphatic hydroxyl groups is 1. The summed E-state index contributed by atoms with van der Waals surface area (Å²) in [6.07, 6.45) is 2.11. The van der Waals surface area contributed by atoms with Gasteiger partial charge in [-0.3, -0.25) is 9.78 Å². The Labute approximate surface area is 138 Å². The molecule has 0 fully saturated rings. The van der Waals surface area contributed by atoms with E-state index in [1.807, 2.05) is 30.3 Å². The summed E-state index contributed by atoms with van der Waals surface area (Å²) >= 11 is 0. The number of aromatic nitrogens is 3. The highest BCUT2D eigenvalue weighted by atomic mass is 16.5. The number of amides is 1. The fourth-order valence-corrected chi connectivity index (χ4v) is 2.22. The largest absolute Gasteiger partial charge is 0.394 e. The molecule has 0 saturated carbocycles. The standard InChI is InChI=1S/C17H16N4O3/c22-11-13(10-12-6-2-1-3-7-12)19-16(23)17-20-15(21-24-17)14-8-4-5-9-18-14/h1-9,13,22H,10-11H2,(H,19,23)/t13-/m0/s1. The van der Waals surface area contributed by atoms with Crippen LogP contribution in [0.4, 0.5) is 0 Å². The lowest BCUT2D eigenvalue weighted by molar-refractivity contribution is 0.0872. The van der Waals surface area contributed by atoms with Crippen molar-refractivity contribution in [3.8, 4) is 11.5 Å². The average molecular weight is 324 g/mol. The van der Waals surface area contributed by atoms with E-state index in [-0.39, 0.29) is 18.3 Å². The van der Waals surface area contributed by atoms with Crippen molar-refractivity contribution in [3.63, 3.8) is 0 Å². The number of hydrogen-bond donors (Lipinski definition) is 2. The number of carbonyl (C=O) groups excluding carboxylic acids is 1. The summed E-state index contributed by atoms with van der Waals surface area (Å²) in [5.74, 6) is -0.453. The fourth-order valence-electron chi connectivity index (χ4n) is 2.22. The lowest BCUT2D eigenvalue weighted by atomic mass is 10.1. The highest BCUT2D eigenvalue weighted by Gasteiger charge is 2.20. The van der Waals surface area contributed by atoms with Crippen molar-refractivity contribution in [2.45, 2.75) is 12.5 Å². The molecular formula is C17H16N4O3. The van der Waals surface area contributed by atoms with Gasteiger partial charge in [0.05, 0.1) is 12.6 Å². The average Bonchev–Trinajstić information content (AvgIpc) is 3.13. The molecular weight excluding hydrogens is 308 g/mol. The highest BCUT2D eigenvalue weighted by molar-refractivity contribution is 5.90. The molecule has 0 unspecified atom stereocenters. The van der Waals surface area contributed by atoms with Gasteiger partial charge in [0.25, 0.3) is 0 Å². The molecule has 1 aromatic carbocycles. The normalized spacial score (nSPS) is 11.9. The highest BCUT2D eigenvalue weighted by Crippen LogP contribution is 2.12. The van der Waals surface area contributed by atoms with Crippen LogP contribution in [0.3, 0.4) is 0 Å². The lowest BCUT2D eigenvalue weighted by Crippen LogP contribution is -2.39. The topological polar surface area (TPSA) is 101 Å². The zero-order valence-corrected chi connectivity index (χ0v) is 12.8. The molecule has 2 heterocycles. The summed E-state index contributed by atoms with van der Waals surface area (Å²) in [7, 11) is 0. The number of hydrogen-bond acceptors (Lipinski definition) is 6. The number of nitrogens with one attached hydrogen (secondary N) is 1. The maximum Gasteiger partial charge on any atom is 0.316 e. The lowest BCUT2D eigenvalue weighted by Gasteiger charge is -2.14. The number of rotatable bonds is 6. The van der Waals surface area contributed by atoms with Crippen molar-refractivity contribution in [3.05, 3.63) is 66.2 Å². The predicted molar refractivity (Wildman–Crippen MR) is 86.0 cm³/mol. The third-order valence-electron chi connectivity index (χ3n) is 3.39. The third-order valence-corrected chi connectivity index (χ3v) is 3.39. The number of carbonyl (C=O) groups is 1. The Hall–Kier alpha value is -3.06. The van der Waals surface area contributed by atoms with Gasteiger partial charge in [-0.1, -0.05) is 41.6 Å². The first-order valence-corrected chi connectivity index (χ1v) is 7.47. The minimum absolute atomic E-state index is 0.165. The van der Waals surface area contributed by atoms with Gasteiger partial charge in [-0.25, -0.2) is 0 Å². The van der Waals surface area contributed by atoms with Gasteiger partial charge in [-0.2, -0.15) is 4.98 Å². The van der Waals surface area contributed by atoms with Crippen LogP contribution in [0.15, 0.2) is 59.3 Å². The minimum atomic E-state index is -0.528. The Morgan fingerprint density at radius 2 is 1.96 bits per heavy atom. The van der Waals surface area contributed by atoms with Crippen molar-refractivity contribution in [1.29, 1.82) is 0 Å². The van der Waals surface area contributed by atoms with Crippen molar-refractivity contribution in [2.75, 3.05) is 6.61 Å². The van der Waals surface area contributed by atoms with E-state index < -0.39 is 11.9 Å². The molecule has 3 aromatic rings. The molecule has 0 bridgehead atoms. The van der Waals surface area contributed by atoms with Gasteiger partial charge in [-0.15, -0.1) is 0 Å². The molecule has 1 amide bonds. The zero-order valence-electron chi connectivity index (χ0n) is 12.8. The summed E-state index contributed by atoms with van der Waals surface area (Å²) in [6.45, 7) is -0.193. The van der Waals surface area contributed by atoms with Crippen LogP contribution in [0.2, 0.25) is 0 Å². The van der Waals surface area contributed by atoms with Crippen molar-refractivity contribution in [2.24, 2.45) is 0 Å². The monoisotopic (exact) mass is 324 g/mol. The van der Waals surface area contributed by atoms with E-state index in [2.05, 4.69) is 20.4 Å². The predicted octanol–water partition coefficient (Wildman–Crippen LogP) is 1.46. The van der Waals surface area contributed by atoms with Crippen LogP contribution < -0.4 is 5.32 Å². The Kier molecular flexibility index (Phi) is 4.93. The molecule has 0 saturated heterocycles. The second-order valence-corrected chi connectivity index (χ2v) is 5.18. The Bertz CT molecular complexity index is 790. The van der Waals surface area contributed by atoms with Crippen LogP contribution in [0, 0.1) is 0 Å². The number of pyridine rings is 1. The first-order chi connectivity index (χ1) is 11.8. The first-order valence-electron chi connectivity index (χ1n) is 7.47. The smallest absolute Gasteiger partial charge is 0.316 e. The molecule has 122 valence electrons. The second-order valence-electron chi connectivity index (χ2n) is 5.18. The van der Waals surface area contributed by atoms with E-state index in [0.717, 1.165) is 5.56 Å². The molecule has 0 aliphatic heterocycles. The Balaban J connectivity index is 1.67. The van der Waals surface area contributed by atoms with Gasteiger partial charge in [0, 0.05) is 6.20 Å². The molecule has 7 heteroatoms. The molecule has 24 heavy (non-hydrogen) atoms. The summed E-state index contributed by atoms with van der Waals surface area (Å²) in [5.41, 5.74) is 1.53. The summed E-state index contributed by atoms with van der Waals surface area (Å²) in [6, 6.07) is 14.4. The van der Waals surface area contributed by atoms with Crippen molar-refractivity contribution < 1.29 is 14.4 Å². The number of benzene rings is 1. The van der Waals surface area contributed by atoms with E-state index in [9.17, 15) is 9.90 Å². The zero-order chi connectivity index (χ0) is 16.8. The van der Waals surface area contributed by atoms with Gasteiger partial charge in [0.2, 0.25) is 5.82 Å². The number of aliphatic hydroxyl groups excluding tert-OH is 1.